The molecule has 1 fully saturated rings. The Kier molecular flexibility index (Phi) is 13.1. The summed E-state index contributed by atoms with van der Waals surface area (Å²) in [5, 5.41) is 2.75. The van der Waals surface area contributed by atoms with Crippen molar-refractivity contribution in [1.82, 2.24) is 43.8 Å². The number of piperazine rings is 1. The van der Waals surface area contributed by atoms with Gasteiger partial charge >= 0.3 is 18.7 Å². The summed E-state index contributed by atoms with van der Waals surface area (Å²) in [7, 11) is 5.18. The summed E-state index contributed by atoms with van der Waals surface area (Å²) in [6, 6.07) is 9.98. The fourth-order valence-electron chi connectivity index (χ4n) is 7.64. The van der Waals surface area contributed by atoms with E-state index in [-0.39, 0.29) is 58.8 Å². The number of carbonyl (C=O) groups is 2. The molecule has 8 rings (SSSR count). The lowest BCUT2D eigenvalue weighted by Gasteiger charge is -2.34. The number of alkyl halides is 9. The normalized spacial score (nSPS) is 16.0. The zero-order valence-electron chi connectivity index (χ0n) is 34.2. The first-order chi connectivity index (χ1) is 30.0. The van der Waals surface area contributed by atoms with Crippen LogP contribution in [-0.4, -0.2) is 135 Å². The van der Waals surface area contributed by atoms with Gasteiger partial charge in [-0.2, -0.15) is 26.3 Å². The minimum atomic E-state index is -4.97. The van der Waals surface area contributed by atoms with Crippen LogP contribution < -0.4 is 15.0 Å². The molecule has 0 aliphatic carbocycles. The van der Waals surface area contributed by atoms with E-state index in [0.717, 1.165) is 22.2 Å². The number of nitrogens with one attached hydrogen (secondary N) is 1. The zero-order valence-corrected chi connectivity index (χ0v) is 36.4. The van der Waals surface area contributed by atoms with Crippen LogP contribution in [0.4, 0.5) is 56.8 Å². The lowest BCUT2D eigenvalue weighted by molar-refractivity contribution is -0.274. The molecule has 0 atom stereocenters. The number of nitrogens with zero attached hydrogens (tertiary/aromatic N) is 10. The zero-order chi connectivity index (χ0) is 46.3. The number of hydrogen-bond acceptors (Lipinski definition) is 10. The highest BCUT2D eigenvalue weighted by atomic mass is 127. The fraction of sp³-hybridized carbons (Fsp3) is 0.400. The topological polar surface area (TPSA) is 130 Å². The smallest absolute Gasteiger partial charge is 0.404 e. The number of fused-ring (bicyclic) bond motifs is 2. The molecule has 24 heteroatoms. The van der Waals surface area contributed by atoms with E-state index in [9.17, 15) is 49.1 Å². The molecule has 1 aromatic carbocycles. The number of amides is 2. The van der Waals surface area contributed by atoms with Crippen LogP contribution in [0.5, 0.6) is 5.75 Å². The van der Waals surface area contributed by atoms with Crippen LogP contribution in [0.25, 0.3) is 22.8 Å². The fourth-order valence-corrected chi connectivity index (χ4v) is 8.06. The quantitative estimate of drug-likeness (QED) is 0.0964. The maximum absolute atomic E-state index is 13.5. The molecule has 0 bridgehead atoms. The Bertz CT molecular complexity index is 2530. The number of halogens is 10. The first-order valence-corrected chi connectivity index (χ1v) is 20.6. The maximum atomic E-state index is 13.5. The van der Waals surface area contributed by atoms with Gasteiger partial charge in [0.05, 0.1) is 39.6 Å². The molecule has 0 spiro atoms. The van der Waals surface area contributed by atoms with Crippen molar-refractivity contribution in [2.24, 2.45) is 0 Å². The summed E-state index contributed by atoms with van der Waals surface area (Å²) in [5.74, 6) is -1.35. The van der Waals surface area contributed by atoms with E-state index in [0.29, 0.717) is 52.5 Å². The average molecular weight is 1020 g/mol. The molecule has 1 saturated heterocycles. The van der Waals surface area contributed by atoms with Gasteiger partial charge in [0, 0.05) is 118 Å². The van der Waals surface area contributed by atoms with E-state index < -0.39 is 43.5 Å². The van der Waals surface area contributed by atoms with Gasteiger partial charge in [0.1, 0.15) is 13.1 Å². The van der Waals surface area contributed by atoms with Crippen LogP contribution in [0.15, 0.2) is 54.9 Å². The number of hydrogen-bond donors (Lipinski definition) is 1. The molecular formula is C40H39F9IN11O3. The predicted octanol–water partition coefficient (Wildman–Crippen LogP) is 7.27. The van der Waals surface area contributed by atoms with Gasteiger partial charge in [0.2, 0.25) is 5.95 Å². The number of benzene rings is 1. The summed E-state index contributed by atoms with van der Waals surface area (Å²) in [6.45, 7) is 1.05. The maximum Gasteiger partial charge on any atom is 0.573 e. The van der Waals surface area contributed by atoms with E-state index in [4.69, 9.17) is 0 Å². The number of ether oxygens (including phenoxy) is 1. The van der Waals surface area contributed by atoms with Crippen molar-refractivity contribution in [3.05, 3.63) is 81.2 Å². The number of anilines is 3. The molecule has 342 valence electrons. The molecule has 64 heavy (non-hydrogen) atoms. The summed E-state index contributed by atoms with van der Waals surface area (Å²) in [6.07, 6.45) is -10.6. The van der Waals surface area contributed by atoms with Gasteiger partial charge in [-0.05, 0) is 49.5 Å². The number of rotatable bonds is 8. The molecular weight excluding hydrogens is 980 g/mol. The van der Waals surface area contributed by atoms with Crippen molar-refractivity contribution >= 4 is 51.7 Å². The van der Waals surface area contributed by atoms with Gasteiger partial charge in [-0.1, -0.05) is 0 Å². The van der Waals surface area contributed by atoms with Crippen molar-refractivity contribution < 1.29 is 53.8 Å². The Hall–Kier alpha value is -5.66. The summed E-state index contributed by atoms with van der Waals surface area (Å²) >= 11 is 1.90. The standard InChI is InChI=1S/C26H27F6N7O2.C14H12F3IN4O/c1-36-9-11-38(12-10-36)16-3-4-22(41-26(30,31)32)19(13-16)35-24-33-7-5-18(34-24)21-14-17-20(6-8-37(2)23(17)40)39(21)15-25(27,28)29;1-21-5-3-10-8(12(21)23)6-11(22(10)7-14(15,16)17)9-2-4-19-13(18)20-9/h3-5,7,13-14H,6,8-12,15H2,1-2H3,(H,33,34,35);2,4,6H,3,5,7H2,1H3. The summed E-state index contributed by atoms with van der Waals surface area (Å²) < 4.78 is 126. The summed E-state index contributed by atoms with van der Waals surface area (Å²) in [4.78, 5) is 48.5. The van der Waals surface area contributed by atoms with Crippen LogP contribution in [0.3, 0.4) is 0 Å². The van der Waals surface area contributed by atoms with Crippen molar-refractivity contribution in [2.75, 3.05) is 70.6 Å². The van der Waals surface area contributed by atoms with Crippen molar-refractivity contribution in [2.45, 2.75) is 44.6 Å². The van der Waals surface area contributed by atoms with Gasteiger partial charge in [0.15, 0.2) is 9.58 Å². The molecule has 0 saturated carbocycles. The van der Waals surface area contributed by atoms with E-state index >= 15 is 0 Å². The van der Waals surface area contributed by atoms with Crippen molar-refractivity contribution in [3.8, 4) is 28.5 Å². The van der Waals surface area contributed by atoms with E-state index in [2.05, 4.69) is 34.9 Å². The minimum absolute atomic E-state index is 0.0411. The average Bonchev–Trinajstić information content (AvgIpc) is 3.75. The Morgan fingerprint density at radius 2 is 1.19 bits per heavy atom. The molecule has 2 amide bonds. The van der Waals surface area contributed by atoms with Gasteiger partial charge in [-0.3, -0.25) is 9.59 Å². The Balaban J connectivity index is 0.000000225. The highest BCUT2D eigenvalue weighted by Crippen LogP contribution is 2.37. The highest BCUT2D eigenvalue weighted by molar-refractivity contribution is 14.1. The van der Waals surface area contributed by atoms with Crippen LogP contribution in [0, 0.1) is 3.83 Å². The van der Waals surface area contributed by atoms with Crippen molar-refractivity contribution in [3.63, 3.8) is 0 Å². The van der Waals surface area contributed by atoms with Gasteiger partial charge in [0.25, 0.3) is 11.8 Å². The van der Waals surface area contributed by atoms with Crippen LogP contribution >= 0.6 is 22.6 Å². The van der Waals surface area contributed by atoms with Crippen LogP contribution in [-0.2, 0) is 25.9 Å². The molecule has 0 radical (unpaired) electrons. The third kappa shape index (κ3) is 10.8. The number of aromatic nitrogens is 6. The second-order valence-electron chi connectivity index (χ2n) is 15.3. The van der Waals surface area contributed by atoms with E-state index in [1.807, 2.05) is 34.5 Å². The van der Waals surface area contributed by atoms with E-state index in [1.165, 1.54) is 58.6 Å². The molecule has 7 heterocycles. The Labute approximate surface area is 373 Å². The van der Waals surface area contributed by atoms with Crippen LogP contribution in [0.1, 0.15) is 32.1 Å². The number of carbonyl (C=O) groups excluding carboxylic acids is 2. The molecule has 1 N–H and O–H groups in total. The second kappa shape index (κ2) is 18.1. The number of likely N-dealkylation sites (N-methyl/N-ethyl adjacent to an activating group) is 3. The minimum Gasteiger partial charge on any atom is -0.404 e. The predicted molar refractivity (Wildman–Crippen MR) is 223 cm³/mol. The lowest BCUT2D eigenvalue weighted by Crippen LogP contribution is -2.44. The summed E-state index contributed by atoms with van der Waals surface area (Å²) in [5.41, 5.74) is 2.46. The van der Waals surface area contributed by atoms with Gasteiger partial charge in [-0.15, -0.1) is 13.2 Å². The Morgan fingerprint density at radius 3 is 1.69 bits per heavy atom. The third-order valence-corrected chi connectivity index (χ3v) is 11.2. The molecule has 3 aliphatic heterocycles. The molecule has 5 aromatic rings. The van der Waals surface area contributed by atoms with Gasteiger partial charge in [-0.25, -0.2) is 19.9 Å². The van der Waals surface area contributed by atoms with E-state index in [1.54, 1.807) is 20.2 Å². The molecule has 14 nitrogen and oxygen atoms in total. The molecule has 4 aromatic heterocycles. The highest BCUT2D eigenvalue weighted by Gasteiger charge is 2.37. The molecule has 3 aliphatic rings. The first kappa shape index (κ1) is 46.3. The van der Waals surface area contributed by atoms with Crippen molar-refractivity contribution in [1.29, 1.82) is 0 Å². The lowest BCUT2D eigenvalue weighted by atomic mass is 10.1. The Morgan fingerprint density at radius 1 is 0.672 bits per heavy atom. The SMILES string of the molecule is CN1CCN(c2ccc(OC(F)(F)F)c(Nc3nccc(-c4cc5c(n4CC(F)(F)F)CCN(C)C5=O)n3)c2)CC1.CN1CCc2c(cc(-c3ccnc(I)n3)n2CC(F)(F)F)C1=O. The molecule has 0 unspecified atom stereocenters. The third-order valence-electron chi connectivity index (χ3n) is 10.7. The second-order valence-corrected chi connectivity index (χ2v) is 16.2. The monoisotopic (exact) mass is 1020 g/mol. The largest absolute Gasteiger partial charge is 0.573 e. The van der Waals surface area contributed by atoms with Crippen LogP contribution in [0.2, 0.25) is 0 Å². The van der Waals surface area contributed by atoms with Gasteiger partial charge < -0.3 is 38.8 Å². The first-order valence-electron chi connectivity index (χ1n) is 19.6.